The predicted octanol–water partition coefficient (Wildman–Crippen LogP) is 9.23. The largest absolute Gasteiger partial charge is 0.488 e. The molecule has 4 amide bonds. The first kappa shape index (κ1) is 33.0. The number of hydrogen-bond donors (Lipinski definition) is 1. The van der Waals surface area contributed by atoms with Gasteiger partial charge in [0.25, 0.3) is 11.8 Å². The molecule has 1 N–H and O–H groups in total. The molecule has 1 fully saturated rings. The Balaban J connectivity index is 1.16. The number of ether oxygens (including phenoxy) is 1. The fourth-order valence-electron chi connectivity index (χ4n) is 7.54. The number of urea groups is 1. The zero-order valence-corrected chi connectivity index (χ0v) is 29.9. The highest BCUT2D eigenvalue weighted by Crippen LogP contribution is 2.50. The Kier molecular flexibility index (Phi) is 8.96. The first-order chi connectivity index (χ1) is 24.8. The van der Waals surface area contributed by atoms with Crippen LogP contribution in [0.2, 0.25) is 5.02 Å². The van der Waals surface area contributed by atoms with E-state index in [2.05, 4.69) is 50.4 Å². The third kappa shape index (κ3) is 6.46. The molecule has 3 aliphatic rings. The molecule has 9 heteroatoms. The van der Waals surface area contributed by atoms with Crippen LogP contribution in [0.4, 0.5) is 16.2 Å². The summed E-state index contributed by atoms with van der Waals surface area (Å²) in [6, 6.07) is 36.7. The van der Waals surface area contributed by atoms with Gasteiger partial charge in [-0.1, -0.05) is 90.5 Å². The summed E-state index contributed by atoms with van der Waals surface area (Å²) in [6.45, 7) is 2.16. The van der Waals surface area contributed by atoms with Crippen molar-refractivity contribution in [1.29, 1.82) is 0 Å². The summed E-state index contributed by atoms with van der Waals surface area (Å²) in [7, 11) is 0. The maximum Gasteiger partial charge on any atom is 0.335 e. The lowest BCUT2D eigenvalue weighted by Crippen LogP contribution is -2.54. The molecule has 0 aromatic heterocycles. The molecule has 5 aromatic carbocycles. The van der Waals surface area contributed by atoms with Gasteiger partial charge >= 0.3 is 6.03 Å². The Morgan fingerprint density at radius 1 is 0.784 bits per heavy atom. The highest BCUT2D eigenvalue weighted by Gasteiger charge is 2.40. The van der Waals surface area contributed by atoms with Crippen molar-refractivity contribution in [2.24, 2.45) is 0 Å². The van der Waals surface area contributed by atoms with Gasteiger partial charge in [0, 0.05) is 35.6 Å². The van der Waals surface area contributed by atoms with Gasteiger partial charge in [-0.25, -0.2) is 9.69 Å². The Labute approximate surface area is 309 Å². The van der Waals surface area contributed by atoms with Crippen LogP contribution in [0.15, 0.2) is 125 Å². The number of imide groups is 2. The van der Waals surface area contributed by atoms with Crippen LogP contribution in [0.1, 0.15) is 58.1 Å². The summed E-state index contributed by atoms with van der Waals surface area (Å²) in [5, 5.41) is 3.05. The quantitative estimate of drug-likeness (QED) is 0.132. The fraction of sp³-hybridized carbons (Fsp3) is 0.167. The molecule has 3 heterocycles. The van der Waals surface area contributed by atoms with E-state index in [0.717, 1.165) is 47.5 Å². The van der Waals surface area contributed by atoms with Crippen molar-refractivity contribution in [1.82, 2.24) is 5.32 Å². The summed E-state index contributed by atoms with van der Waals surface area (Å²) in [6.07, 6.45) is 3.33. The van der Waals surface area contributed by atoms with Gasteiger partial charge in [0.05, 0.1) is 10.2 Å². The topological polar surface area (TPSA) is 79.0 Å². The van der Waals surface area contributed by atoms with Crippen LogP contribution in [0.25, 0.3) is 6.08 Å². The van der Waals surface area contributed by atoms with Crippen molar-refractivity contribution in [3.63, 3.8) is 0 Å². The maximum absolute atomic E-state index is 14.3. The van der Waals surface area contributed by atoms with Crippen molar-refractivity contribution in [2.45, 2.75) is 31.3 Å². The van der Waals surface area contributed by atoms with Gasteiger partial charge in [0.2, 0.25) is 0 Å². The molecule has 0 unspecified atom stereocenters. The maximum atomic E-state index is 14.3. The Morgan fingerprint density at radius 2 is 1.43 bits per heavy atom. The Bertz CT molecular complexity index is 2130. The number of benzene rings is 5. The van der Waals surface area contributed by atoms with Gasteiger partial charge < -0.3 is 9.64 Å². The smallest absolute Gasteiger partial charge is 0.335 e. The summed E-state index contributed by atoms with van der Waals surface area (Å²) in [5.74, 6) is -0.659. The van der Waals surface area contributed by atoms with E-state index in [4.69, 9.17) is 16.3 Å². The third-order valence-corrected chi connectivity index (χ3v) is 10.8. The van der Waals surface area contributed by atoms with Crippen molar-refractivity contribution >= 4 is 62.8 Å². The number of barbiturate groups is 1. The molecule has 5 aromatic rings. The molecular formula is C42H33BrClN3O4. The van der Waals surface area contributed by atoms with E-state index in [1.54, 1.807) is 24.3 Å². The first-order valence-electron chi connectivity index (χ1n) is 16.9. The first-order valence-corrected chi connectivity index (χ1v) is 18.1. The van der Waals surface area contributed by atoms with Crippen LogP contribution in [0, 0.1) is 0 Å². The average molecular weight is 759 g/mol. The van der Waals surface area contributed by atoms with Crippen molar-refractivity contribution in [3.8, 4) is 5.75 Å². The summed E-state index contributed by atoms with van der Waals surface area (Å²) >= 11 is 9.68. The zero-order chi connectivity index (χ0) is 35.1. The van der Waals surface area contributed by atoms with Gasteiger partial charge in [-0.3, -0.25) is 14.9 Å². The second-order valence-electron chi connectivity index (χ2n) is 13.0. The molecule has 51 heavy (non-hydrogen) atoms. The molecule has 0 spiro atoms. The Hall–Kier alpha value is -5.18. The van der Waals surface area contributed by atoms with Crippen molar-refractivity contribution in [3.05, 3.63) is 164 Å². The number of carbonyl (C=O) groups is 3. The normalized spacial score (nSPS) is 19.2. The predicted molar refractivity (Wildman–Crippen MR) is 203 cm³/mol. The molecule has 7 nitrogen and oxygen atoms in total. The lowest BCUT2D eigenvalue weighted by Gasteiger charge is -2.44. The number of nitrogens with zero attached hydrogens (tertiary/aromatic N) is 2. The molecule has 0 saturated carbocycles. The molecule has 2 atom stereocenters. The van der Waals surface area contributed by atoms with Gasteiger partial charge in [-0.2, -0.15) is 0 Å². The third-order valence-electron chi connectivity index (χ3n) is 9.91. The summed E-state index contributed by atoms with van der Waals surface area (Å²) in [4.78, 5) is 44.6. The highest BCUT2D eigenvalue weighted by molar-refractivity contribution is 9.10. The van der Waals surface area contributed by atoms with Crippen LogP contribution in [-0.2, 0) is 16.2 Å². The minimum Gasteiger partial charge on any atom is -0.488 e. The molecule has 0 radical (unpaired) electrons. The van der Waals surface area contributed by atoms with Crippen LogP contribution < -0.4 is 19.9 Å². The van der Waals surface area contributed by atoms with Gasteiger partial charge in [-0.05, 0) is 105 Å². The number of carbonyl (C=O) groups excluding carboxylic acids is 3. The number of amides is 4. The van der Waals surface area contributed by atoms with E-state index in [9.17, 15) is 14.4 Å². The van der Waals surface area contributed by atoms with Crippen LogP contribution in [0.5, 0.6) is 5.75 Å². The lowest BCUT2D eigenvalue weighted by atomic mass is 9.76. The molecule has 1 saturated heterocycles. The van der Waals surface area contributed by atoms with Gasteiger partial charge in [-0.15, -0.1) is 0 Å². The molecule has 254 valence electrons. The minimum atomic E-state index is -0.767. The van der Waals surface area contributed by atoms with E-state index >= 15 is 0 Å². The molecule has 0 bridgehead atoms. The second-order valence-corrected chi connectivity index (χ2v) is 14.3. The van der Waals surface area contributed by atoms with Crippen LogP contribution >= 0.6 is 27.5 Å². The fourth-order valence-corrected chi connectivity index (χ4v) is 8.26. The number of nitrogens with one attached hydrogen (secondary N) is 1. The van der Waals surface area contributed by atoms with Crippen molar-refractivity contribution < 1.29 is 19.1 Å². The summed E-state index contributed by atoms with van der Waals surface area (Å²) in [5.41, 5.74) is 7.55. The molecular weight excluding hydrogens is 726 g/mol. The Morgan fingerprint density at radius 3 is 2.04 bits per heavy atom. The van der Waals surface area contributed by atoms with E-state index in [-0.39, 0.29) is 17.4 Å². The van der Waals surface area contributed by atoms with E-state index in [1.165, 1.54) is 22.9 Å². The lowest BCUT2D eigenvalue weighted by molar-refractivity contribution is -0.122. The number of anilines is 2. The van der Waals surface area contributed by atoms with Crippen molar-refractivity contribution in [2.75, 3.05) is 22.9 Å². The molecule has 8 rings (SSSR count). The van der Waals surface area contributed by atoms with Gasteiger partial charge in [0.15, 0.2) is 0 Å². The van der Waals surface area contributed by atoms with Crippen LogP contribution in [0.3, 0.4) is 0 Å². The summed E-state index contributed by atoms with van der Waals surface area (Å²) < 4.78 is 6.63. The number of rotatable bonds is 7. The molecule has 3 aliphatic heterocycles. The average Bonchev–Trinajstić information content (AvgIpc) is 3.14. The minimum absolute atomic E-state index is 0.0854. The second kappa shape index (κ2) is 13.9. The highest BCUT2D eigenvalue weighted by atomic mass is 79.9. The zero-order valence-electron chi connectivity index (χ0n) is 27.5. The van der Waals surface area contributed by atoms with E-state index in [1.807, 2.05) is 66.7 Å². The standard InChI is InChI=1S/C42H33BrClN3O4/c43-37-22-26(14-15-38(37)51-25-27-8-7-13-30(44)20-27)21-36-40(48)45-42(50)47(41(36)49)31-23-34-32(28-9-3-1-4-10-28)16-18-46-19-17-33(35(24-31)39(34)46)29-11-5-2-6-12-29/h1-15,20-24,32-33H,16-19,25H2,(H,45,48,50)/b36-21+/t32-,33-/m0/s1. The SMILES string of the molecule is O=C1NC(=O)N(c2cc3c4c(c2)[C@H](c2ccccc2)CCN4CC[C@H]3c2ccccc2)C(=O)/C1=C/c1ccc(OCc2cccc(Cl)c2)c(Br)c1. The molecule has 0 aliphatic carbocycles. The van der Waals surface area contributed by atoms with E-state index in [0.29, 0.717) is 33.1 Å². The van der Waals surface area contributed by atoms with E-state index < -0.39 is 17.8 Å². The monoisotopic (exact) mass is 757 g/mol. The number of hydrogen-bond acceptors (Lipinski definition) is 5. The number of halogens is 2. The van der Waals surface area contributed by atoms with Gasteiger partial charge in [0.1, 0.15) is 17.9 Å². The van der Waals surface area contributed by atoms with Crippen LogP contribution in [-0.4, -0.2) is 30.9 Å².